The third kappa shape index (κ3) is 46.2. The second-order valence-corrected chi connectivity index (χ2v) is 22.9. The number of amides is 1. The Kier molecular flexibility index (Phi) is 54.1. The monoisotopic (exact) mass is 1080 g/mol. The average molecular weight is 1080 g/mol. The van der Waals surface area contributed by atoms with E-state index >= 15 is 0 Å². The maximum Gasteiger partial charge on any atom is 0.220 e. The first kappa shape index (κ1) is 72.9. The molecule has 1 fully saturated rings. The van der Waals surface area contributed by atoms with Crippen LogP contribution in [-0.4, -0.2) is 87.5 Å². The molecule has 0 bridgehead atoms. The minimum atomic E-state index is -1.56. The van der Waals surface area contributed by atoms with Crippen molar-refractivity contribution in [2.24, 2.45) is 0 Å². The van der Waals surface area contributed by atoms with Crippen LogP contribution < -0.4 is 5.32 Å². The van der Waals surface area contributed by atoms with Crippen molar-refractivity contribution in [1.29, 1.82) is 0 Å². The van der Waals surface area contributed by atoms with Crippen molar-refractivity contribution in [1.82, 2.24) is 5.32 Å². The van der Waals surface area contributed by atoms with Crippen LogP contribution in [-0.2, 0) is 14.3 Å². The van der Waals surface area contributed by atoms with Crippen LogP contribution in [0.4, 0.5) is 0 Å². The predicted octanol–water partition coefficient (Wildman–Crippen LogP) is 17.4. The molecule has 1 rings (SSSR count). The van der Waals surface area contributed by atoms with Gasteiger partial charge >= 0.3 is 0 Å². The first-order valence-electron chi connectivity index (χ1n) is 33.0. The summed E-state index contributed by atoms with van der Waals surface area (Å²) in [6, 6.07) is -0.730. The molecule has 9 heteroatoms. The molecular weight excluding hydrogens is 959 g/mol. The molecule has 7 unspecified atom stereocenters. The van der Waals surface area contributed by atoms with Gasteiger partial charge < -0.3 is 40.3 Å². The van der Waals surface area contributed by atoms with Crippen molar-refractivity contribution in [3.63, 3.8) is 0 Å². The minimum absolute atomic E-state index is 0.144. The van der Waals surface area contributed by atoms with Crippen molar-refractivity contribution in [2.45, 2.75) is 352 Å². The Morgan fingerprint density at radius 1 is 0.455 bits per heavy atom. The van der Waals surface area contributed by atoms with Crippen LogP contribution in [0.2, 0.25) is 0 Å². The lowest BCUT2D eigenvalue weighted by molar-refractivity contribution is -0.302. The Labute approximate surface area is 475 Å². The quantitative estimate of drug-likeness (QED) is 0.0261. The molecule has 1 amide bonds. The summed E-state index contributed by atoms with van der Waals surface area (Å²) >= 11 is 0. The second kappa shape index (κ2) is 57.1. The summed E-state index contributed by atoms with van der Waals surface area (Å²) in [6.45, 7) is 3.75. The molecule has 9 nitrogen and oxygen atoms in total. The van der Waals surface area contributed by atoms with Gasteiger partial charge in [-0.3, -0.25) is 4.79 Å². The highest BCUT2D eigenvalue weighted by Crippen LogP contribution is 2.23. The maximum atomic E-state index is 13.1. The van der Waals surface area contributed by atoms with E-state index in [0.717, 1.165) is 83.5 Å². The molecule has 0 radical (unpaired) electrons. The largest absolute Gasteiger partial charge is 0.394 e. The molecule has 6 N–H and O–H groups in total. The van der Waals surface area contributed by atoms with Gasteiger partial charge in [-0.25, -0.2) is 0 Å². The van der Waals surface area contributed by atoms with Crippen molar-refractivity contribution < 1.29 is 39.8 Å². The summed E-state index contributed by atoms with van der Waals surface area (Å²) in [6.07, 6.45) is 71.3. The van der Waals surface area contributed by atoms with Gasteiger partial charge in [-0.15, -0.1) is 0 Å². The lowest BCUT2D eigenvalue weighted by Gasteiger charge is -2.40. The molecule has 1 saturated heterocycles. The van der Waals surface area contributed by atoms with Gasteiger partial charge in [0.15, 0.2) is 6.29 Å². The molecular formula is C68H125NO8. The van der Waals surface area contributed by atoms with Crippen LogP contribution in [0.3, 0.4) is 0 Å². The number of hydrogen-bond donors (Lipinski definition) is 6. The van der Waals surface area contributed by atoms with Gasteiger partial charge in [-0.05, 0) is 57.8 Å². The van der Waals surface area contributed by atoms with Gasteiger partial charge in [-0.2, -0.15) is 0 Å². The molecule has 0 aliphatic carbocycles. The first-order valence-corrected chi connectivity index (χ1v) is 33.0. The van der Waals surface area contributed by atoms with Crippen LogP contribution in [0, 0.1) is 0 Å². The number of ether oxygens (including phenoxy) is 2. The summed E-state index contributed by atoms with van der Waals surface area (Å²) in [4.78, 5) is 13.1. The molecule has 0 spiro atoms. The third-order valence-corrected chi connectivity index (χ3v) is 15.6. The van der Waals surface area contributed by atoms with Crippen molar-refractivity contribution in [3.05, 3.63) is 60.8 Å². The zero-order chi connectivity index (χ0) is 55.8. The van der Waals surface area contributed by atoms with Crippen LogP contribution in [0.5, 0.6) is 0 Å². The van der Waals surface area contributed by atoms with Crippen LogP contribution in [0.1, 0.15) is 309 Å². The van der Waals surface area contributed by atoms with E-state index in [-0.39, 0.29) is 12.5 Å². The molecule has 1 heterocycles. The molecule has 0 aromatic heterocycles. The van der Waals surface area contributed by atoms with Gasteiger partial charge in [0.1, 0.15) is 24.4 Å². The second-order valence-electron chi connectivity index (χ2n) is 22.9. The Morgan fingerprint density at radius 3 is 1.19 bits per heavy atom. The fourth-order valence-electron chi connectivity index (χ4n) is 10.5. The smallest absolute Gasteiger partial charge is 0.220 e. The zero-order valence-corrected chi connectivity index (χ0v) is 50.2. The van der Waals surface area contributed by atoms with E-state index < -0.39 is 49.5 Å². The van der Waals surface area contributed by atoms with E-state index in [1.165, 1.54) is 199 Å². The Hall–Kier alpha value is -2.11. The predicted molar refractivity (Wildman–Crippen MR) is 327 cm³/mol. The van der Waals surface area contributed by atoms with E-state index in [1.54, 1.807) is 0 Å². The van der Waals surface area contributed by atoms with Gasteiger partial charge in [-0.1, -0.05) is 306 Å². The maximum absolute atomic E-state index is 13.1. The van der Waals surface area contributed by atoms with Crippen LogP contribution in [0.25, 0.3) is 0 Å². The third-order valence-electron chi connectivity index (χ3n) is 15.6. The number of unbranched alkanes of at least 4 members (excludes halogenated alkanes) is 37. The first-order chi connectivity index (χ1) is 37.8. The standard InChI is InChI=1S/C68H125NO8/c1-3-5-7-9-11-13-15-17-19-21-23-25-27-28-29-30-31-32-33-34-36-37-39-41-43-45-47-49-51-53-55-57-62(71)61(60-76-68-67(75)66(74)65(73)63(59-70)77-68)69-64(72)58-56-54-52-50-48-46-44-42-40-38-35-26-24-22-20-18-16-14-12-10-8-6-4-2/h6,8,12,14,18,20,24,26,38,40,61-63,65-68,70-71,73-75H,3-5,7,9-11,13,15-17,19,21-23,25,27-37,39,41-60H2,1-2H3,(H,69,72)/b8-6-,14-12-,20-18-,26-24-,40-38-. The van der Waals surface area contributed by atoms with Crippen molar-refractivity contribution >= 4 is 5.91 Å². The number of hydrogen-bond acceptors (Lipinski definition) is 8. The molecule has 1 aliphatic heterocycles. The van der Waals surface area contributed by atoms with Gasteiger partial charge in [0.05, 0.1) is 25.4 Å². The highest BCUT2D eigenvalue weighted by Gasteiger charge is 2.44. The molecule has 7 atom stereocenters. The highest BCUT2D eigenvalue weighted by atomic mass is 16.7. The summed E-state index contributed by atoms with van der Waals surface area (Å²) in [7, 11) is 0. The lowest BCUT2D eigenvalue weighted by atomic mass is 9.99. The molecule has 0 aromatic carbocycles. The summed E-state index contributed by atoms with van der Waals surface area (Å²) < 4.78 is 11.3. The van der Waals surface area contributed by atoms with Gasteiger partial charge in [0, 0.05) is 6.42 Å². The number of aliphatic hydroxyl groups excluding tert-OH is 5. The highest BCUT2D eigenvalue weighted by molar-refractivity contribution is 5.76. The van der Waals surface area contributed by atoms with E-state index in [1.807, 2.05) is 0 Å². The Balaban J connectivity index is 2.14. The number of nitrogens with one attached hydrogen (secondary N) is 1. The molecule has 0 aromatic rings. The number of allylic oxidation sites excluding steroid dienone is 10. The zero-order valence-electron chi connectivity index (χ0n) is 50.2. The van der Waals surface area contributed by atoms with E-state index in [4.69, 9.17) is 9.47 Å². The minimum Gasteiger partial charge on any atom is -0.394 e. The topological polar surface area (TPSA) is 149 Å². The van der Waals surface area contributed by atoms with E-state index in [2.05, 4.69) is 79.9 Å². The Morgan fingerprint density at radius 2 is 0.805 bits per heavy atom. The van der Waals surface area contributed by atoms with Crippen LogP contribution >= 0.6 is 0 Å². The SMILES string of the molecule is CC/C=C\C/C=C\C/C=C\C/C=C\C/C=C\CCCCCCCCCC(=O)NC(COC1OC(CO)C(O)C(O)C1O)C(O)CCCCCCCCCCCCCCCCCCCCCCCCCCCCCCCCC. The van der Waals surface area contributed by atoms with Crippen LogP contribution in [0.15, 0.2) is 60.8 Å². The van der Waals surface area contributed by atoms with Gasteiger partial charge in [0.2, 0.25) is 5.91 Å². The van der Waals surface area contributed by atoms with Gasteiger partial charge in [0.25, 0.3) is 0 Å². The molecule has 0 saturated carbocycles. The number of carbonyl (C=O) groups is 1. The summed E-state index contributed by atoms with van der Waals surface area (Å²) in [5, 5.41) is 54.9. The normalized spacial score (nSPS) is 19.1. The van der Waals surface area contributed by atoms with E-state index in [9.17, 15) is 30.3 Å². The Bertz CT molecular complexity index is 1400. The average Bonchev–Trinajstić information content (AvgIpc) is 3.43. The van der Waals surface area contributed by atoms with Crippen molar-refractivity contribution in [2.75, 3.05) is 13.2 Å². The summed E-state index contributed by atoms with van der Waals surface area (Å²) in [5.41, 5.74) is 0. The fraction of sp³-hybridized carbons (Fsp3) is 0.838. The molecule has 1 aliphatic rings. The number of aliphatic hydroxyl groups is 5. The molecule has 77 heavy (non-hydrogen) atoms. The number of carbonyl (C=O) groups excluding carboxylic acids is 1. The number of rotatable bonds is 57. The van der Waals surface area contributed by atoms with E-state index in [0.29, 0.717) is 12.8 Å². The summed E-state index contributed by atoms with van der Waals surface area (Å²) in [5.74, 6) is -0.153. The molecule has 450 valence electrons. The lowest BCUT2D eigenvalue weighted by Crippen LogP contribution is -2.60. The fourth-order valence-corrected chi connectivity index (χ4v) is 10.5. The van der Waals surface area contributed by atoms with Crippen molar-refractivity contribution in [3.8, 4) is 0 Å².